The van der Waals surface area contributed by atoms with Crippen LogP contribution in [0.5, 0.6) is 0 Å². The number of carbonyl (C=O) groups excluding carboxylic acids is 3. The number of ketones is 2. The maximum absolute atomic E-state index is 14.5. The van der Waals surface area contributed by atoms with Gasteiger partial charge in [0.1, 0.15) is 17.5 Å². The van der Waals surface area contributed by atoms with Crippen molar-refractivity contribution in [2.24, 2.45) is 0 Å². The number of Topliss-reactive ketones (excluding diaryl/α,β-unsaturated/α-hetero) is 2. The standard InChI is InChI=1S/2C24H27FN2O.C23H26FN3O/c1-24(2,3)27(4)14-15-8-10-16(11-9-15)23-18-6-5-7-21(28)19-12-17(25)13-20(26-23)22(18)19;1-24(2,3)27-20-13-17(25)12-19-21(28)7-5-6-18(22(19)20)23(27)16-10-8-15(9-11-16)14-26-4;1-23(2,3)27-10-9-17-20-18(22(27)28)11-16(24)12-19(20)26-21(17)15-7-5-14(6-8-15)13-25-4/h2*8-13,26H,5-7,14H2,1-4H3;5-8,11-12,25-26H,9-10,13H2,1-4H3. The van der Waals surface area contributed by atoms with Crippen molar-refractivity contribution in [2.75, 3.05) is 27.7 Å². The Hall–Kier alpha value is -7.58. The average molecular weight is 1140 g/mol. The van der Waals surface area contributed by atoms with E-state index in [2.05, 4.69) is 151 Å². The van der Waals surface area contributed by atoms with Crippen molar-refractivity contribution in [3.05, 3.63) is 177 Å². The fourth-order valence-electron chi connectivity index (χ4n) is 12.5. The van der Waals surface area contributed by atoms with Crippen LogP contribution in [0.25, 0.3) is 66.5 Å². The maximum Gasteiger partial charge on any atom is 0.255 e. The molecule has 84 heavy (non-hydrogen) atoms. The van der Waals surface area contributed by atoms with Crippen molar-refractivity contribution in [1.29, 1.82) is 0 Å². The highest BCUT2D eigenvalue weighted by molar-refractivity contribution is 6.13. The predicted molar refractivity (Wildman–Crippen MR) is 335 cm³/mol. The van der Waals surface area contributed by atoms with Gasteiger partial charge in [-0.05, 0) is 202 Å². The minimum atomic E-state index is -0.393. The number of aromatic nitrogens is 3. The summed E-state index contributed by atoms with van der Waals surface area (Å²) in [7, 11) is 5.99. The summed E-state index contributed by atoms with van der Waals surface area (Å²) in [6.45, 7) is 22.2. The highest BCUT2D eigenvalue weighted by Crippen LogP contribution is 2.44. The Kier molecular flexibility index (Phi) is 16.6. The number of rotatable bonds is 9. The summed E-state index contributed by atoms with van der Waals surface area (Å²) < 4.78 is 45.1. The fraction of sp³-hybridized carbons (Fsp3) is 0.366. The van der Waals surface area contributed by atoms with Crippen LogP contribution in [0.2, 0.25) is 0 Å². The first kappa shape index (κ1) is 59.6. The molecule has 0 fully saturated rings. The normalized spacial score (nSPS) is 14.6. The maximum atomic E-state index is 14.5. The summed E-state index contributed by atoms with van der Waals surface area (Å²) in [6.07, 6.45) is 4.93. The molecule has 0 radical (unpaired) electrons. The summed E-state index contributed by atoms with van der Waals surface area (Å²) in [5.74, 6) is -1.12. The van der Waals surface area contributed by atoms with Gasteiger partial charge in [0.05, 0.1) is 16.8 Å². The molecule has 9 aromatic rings. The SMILES string of the molecule is CN(Cc1ccc(-c2[nH]c3cc(F)cc4c3c2CCCC4=O)cc1)C(C)(C)C.CNCc1ccc(-c2[nH]c3cc(F)cc4c3c2CCN(C(C)(C)C)C4=O)cc1.CNCc1ccc(-c2c3c4c(cc(F)cc4n2C(C)(C)C)C(=O)CCC3)cc1. The van der Waals surface area contributed by atoms with Crippen molar-refractivity contribution in [1.82, 2.24) is 35.0 Å². The zero-order valence-electron chi connectivity index (χ0n) is 50.9. The van der Waals surface area contributed by atoms with Gasteiger partial charge >= 0.3 is 0 Å². The minimum absolute atomic E-state index is 0.0364. The molecule has 10 nitrogen and oxygen atoms in total. The van der Waals surface area contributed by atoms with Crippen LogP contribution in [0.4, 0.5) is 13.2 Å². The van der Waals surface area contributed by atoms with E-state index in [0.29, 0.717) is 47.1 Å². The van der Waals surface area contributed by atoms with Crippen LogP contribution in [0.15, 0.2) is 109 Å². The number of nitrogens with one attached hydrogen (secondary N) is 4. The molecule has 3 aromatic heterocycles. The third kappa shape index (κ3) is 11.9. The first-order valence-corrected chi connectivity index (χ1v) is 29.6. The van der Waals surface area contributed by atoms with E-state index in [-0.39, 0.29) is 45.7 Å². The van der Waals surface area contributed by atoms with Gasteiger partial charge in [-0.15, -0.1) is 0 Å². The molecule has 438 valence electrons. The van der Waals surface area contributed by atoms with Gasteiger partial charge in [-0.3, -0.25) is 19.3 Å². The molecule has 1 aliphatic heterocycles. The zero-order valence-corrected chi connectivity index (χ0v) is 50.9. The second-order valence-corrected chi connectivity index (χ2v) is 26.0. The summed E-state index contributed by atoms with van der Waals surface area (Å²) in [6, 6.07) is 34.2. The average Bonchev–Trinajstić information content (AvgIpc) is 1.82. The second-order valence-electron chi connectivity index (χ2n) is 26.0. The highest BCUT2D eigenvalue weighted by atomic mass is 19.1. The number of H-pyrrole nitrogens is 2. The van der Waals surface area contributed by atoms with Gasteiger partial charge in [0.25, 0.3) is 5.91 Å². The van der Waals surface area contributed by atoms with E-state index in [1.54, 1.807) is 6.07 Å². The second kappa shape index (κ2) is 23.5. The van der Waals surface area contributed by atoms with Crippen molar-refractivity contribution >= 4 is 50.2 Å². The van der Waals surface area contributed by atoms with Crippen molar-refractivity contribution < 1.29 is 27.6 Å². The molecule has 2 aliphatic carbocycles. The van der Waals surface area contributed by atoms with Crippen molar-refractivity contribution in [2.45, 2.75) is 144 Å². The van der Waals surface area contributed by atoms with Crippen LogP contribution in [0.1, 0.15) is 152 Å². The molecule has 0 spiro atoms. The minimum Gasteiger partial charge on any atom is -0.354 e. The largest absolute Gasteiger partial charge is 0.354 e. The third-order valence-electron chi connectivity index (χ3n) is 16.9. The Morgan fingerprint density at radius 2 is 0.952 bits per heavy atom. The Labute approximate surface area is 492 Å². The molecule has 3 aliphatic rings. The van der Waals surface area contributed by atoms with Gasteiger partial charge in [-0.25, -0.2) is 13.2 Å². The molecule has 0 unspecified atom stereocenters. The molecule has 4 N–H and O–H groups in total. The lowest BCUT2D eigenvalue weighted by Gasteiger charge is -2.35. The van der Waals surface area contributed by atoms with Crippen LogP contribution in [0.3, 0.4) is 0 Å². The number of hydrogen-bond acceptors (Lipinski definition) is 6. The molecule has 4 heterocycles. The number of hydrogen-bond donors (Lipinski definition) is 4. The number of aromatic amines is 2. The molecule has 0 bridgehead atoms. The van der Waals surface area contributed by atoms with E-state index in [9.17, 15) is 27.6 Å². The van der Waals surface area contributed by atoms with E-state index < -0.39 is 5.82 Å². The van der Waals surface area contributed by atoms with Gasteiger partial charge in [-0.2, -0.15) is 0 Å². The fourth-order valence-corrected chi connectivity index (χ4v) is 12.5. The molecular weight excluding hydrogens is 1060 g/mol. The lowest BCUT2D eigenvalue weighted by Crippen LogP contribution is -2.46. The van der Waals surface area contributed by atoms with Crippen LogP contribution < -0.4 is 10.6 Å². The van der Waals surface area contributed by atoms with Crippen LogP contribution in [-0.4, -0.2) is 80.6 Å². The Bertz CT molecular complexity index is 3960. The predicted octanol–water partition coefficient (Wildman–Crippen LogP) is 15.7. The van der Waals surface area contributed by atoms with Gasteiger partial charge in [0, 0.05) is 105 Å². The summed E-state index contributed by atoms with van der Waals surface area (Å²) in [5.41, 5.74) is 16.7. The number of nitrogens with zero attached hydrogens (tertiary/aromatic N) is 3. The van der Waals surface area contributed by atoms with E-state index in [1.165, 1.54) is 52.6 Å². The first-order chi connectivity index (χ1) is 39.8. The van der Waals surface area contributed by atoms with Crippen molar-refractivity contribution in [3.8, 4) is 33.8 Å². The number of carbonyl (C=O) groups is 3. The van der Waals surface area contributed by atoms with E-state index in [1.807, 2.05) is 39.8 Å². The molecule has 0 saturated carbocycles. The van der Waals surface area contributed by atoms with Crippen molar-refractivity contribution in [3.63, 3.8) is 0 Å². The Morgan fingerprint density at radius 3 is 1.44 bits per heavy atom. The zero-order chi connectivity index (χ0) is 60.2. The third-order valence-corrected chi connectivity index (χ3v) is 16.9. The number of halogens is 3. The molecule has 12 rings (SSSR count). The van der Waals surface area contributed by atoms with Gasteiger partial charge in [-0.1, -0.05) is 72.8 Å². The molecule has 13 heteroatoms. The van der Waals surface area contributed by atoms with E-state index in [0.717, 1.165) is 118 Å². The summed E-state index contributed by atoms with van der Waals surface area (Å²) in [4.78, 5) is 49.3. The number of amides is 1. The quantitative estimate of drug-likeness (QED) is 0.114. The summed E-state index contributed by atoms with van der Waals surface area (Å²) in [5, 5.41) is 9.01. The van der Waals surface area contributed by atoms with Gasteiger partial charge in [0.15, 0.2) is 11.6 Å². The molecule has 1 amide bonds. The number of benzene rings is 6. The molecular formula is C71H80F3N7O3. The van der Waals surface area contributed by atoms with E-state index >= 15 is 0 Å². The number of aryl methyl sites for hydroxylation is 2. The lowest BCUT2D eigenvalue weighted by molar-refractivity contribution is 0.0592. The van der Waals surface area contributed by atoms with Crippen LogP contribution >= 0.6 is 0 Å². The smallest absolute Gasteiger partial charge is 0.255 e. The monoisotopic (exact) mass is 1140 g/mol. The van der Waals surface area contributed by atoms with Gasteiger partial charge in [0.2, 0.25) is 0 Å². The van der Waals surface area contributed by atoms with Gasteiger partial charge < -0.3 is 30.1 Å². The topological polar surface area (TPSA) is 118 Å². The molecule has 0 saturated heterocycles. The Balaban J connectivity index is 0.000000140. The lowest BCUT2D eigenvalue weighted by atomic mass is 9.99. The highest BCUT2D eigenvalue weighted by Gasteiger charge is 2.35. The van der Waals surface area contributed by atoms with Crippen LogP contribution in [0, 0.1) is 17.5 Å². The first-order valence-electron chi connectivity index (χ1n) is 29.6. The molecule has 6 aromatic carbocycles. The molecule has 0 atom stereocenters. The van der Waals surface area contributed by atoms with E-state index in [4.69, 9.17) is 0 Å². The Morgan fingerprint density at radius 1 is 0.512 bits per heavy atom. The van der Waals surface area contributed by atoms with Crippen LogP contribution in [-0.2, 0) is 44.4 Å². The summed E-state index contributed by atoms with van der Waals surface area (Å²) >= 11 is 0.